The maximum absolute atomic E-state index is 12.9. The molecular weight excluding hydrogens is 458 g/mol. The summed E-state index contributed by atoms with van der Waals surface area (Å²) in [4.78, 5) is 15.8. The lowest BCUT2D eigenvalue weighted by atomic mass is 9.82. The van der Waals surface area contributed by atoms with Crippen molar-refractivity contribution in [2.24, 2.45) is 0 Å². The number of anilines is 2. The van der Waals surface area contributed by atoms with E-state index >= 15 is 0 Å². The molecule has 2 aromatic carbocycles. The van der Waals surface area contributed by atoms with Crippen LogP contribution < -0.4 is 10.6 Å². The average molecular weight is 498 g/mol. The Hall–Kier alpha value is -2.38. The summed E-state index contributed by atoms with van der Waals surface area (Å²) >= 11 is 0. The number of likely N-dealkylation sites (tertiary alicyclic amines) is 1. The molecule has 4 rings (SSSR count). The number of nitrogens with one attached hydrogen (secondary N) is 2. The summed E-state index contributed by atoms with van der Waals surface area (Å²) < 4.78 is 23.7. The van der Waals surface area contributed by atoms with Crippen molar-refractivity contribution in [1.29, 1.82) is 0 Å². The number of nitrogens with zero attached hydrogens (tertiary/aromatic N) is 1. The van der Waals surface area contributed by atoms with Crippen LogP contribution in [0.3, 0.4) is 0 Å². The van der Waals surface area contributed by atoms with Gasteiger partial charge in [0.25, 0.3) is 5.91 Å². The Labute approximate surface area is 210 Å². The largest absolute Gasteiger partial charge is 0.381 e. The van der Waals surface area contributed by atoms with E-state index in [4.69, 9.17) is 0 Å². The topological polar surface area (TPSA) is 78.5 Å². The molecule has 0 atom stereocenters. The number of piperidine rings is 1. The van der Waals surface area contributed by atoms with Gasteiger partial charge in [-0.15, -0.1) is 0 Å². The Bertz CT molecular complexity index is 1120. The van der Waals surface area contributed by atoms with Gasteiger partial charge in [-0.25, -0.2) is 8.42 Å². The molecule has 7 heteroatoms. The van der Waals surface area contributed by atoms with E-state index in [-0.39, 0.29) is 10.8 Å². The molecule has 1 saturated heterocycles. The first-order valence-electron chi connectivity index (χ1n) is 13.0. The smallest absolute Gasteiger partial charge is 0.255 e. The lowest BCUT2D eigenvalue weighted by molar-refractivity contribution is 0.0542. The number of carbonyl (C=O) groups excluding carboxylic acids is 1. The Morgan fingerprint density at radius 3 is 2.20 bits per heavy atom. The van der Waals surface area contributed by atoms with Crippen LogP contribution in [0.5, 0.6) is 0 Å². The van der Waals surface area contributed by atoms with Gasteiger partial charge in [-0.05, 0) is 62.9 Å². The third-order valence-corrected chi connectivity index (χ3v) is 8.86. The third kappa shape index (κ3) is 6.64. The van der Waals surface area contributed by atoms with E-state index in [9.17, 15) is 13.2 Å². The highest BCUT2D eigenvalue weighted by molar-refractivity contribution is 7.90. The molecule has 0 bridgehead atoms. The number of amides is 1. The summed E-state index contributed by atoms with van der Waals surface area (Å²) in [6, 6.07) is 14.2. The fourth-order valence-electron chi connectivity index (χ4n) is 5.55. The minimum Gasteiger partial charge on any atom is -0.381 e. The SMILES string of the molecule is CC1(N2CCC(Nc3ccccc3NC(=O)c3cccc(S(C)(=O)=O)c3)CC2)CCCCCCC1. The summed E-state index contributed by atoms with van der Waals surface area (Å²) in [7, 11) is -3.38. The van der Waals surface area contributed by atoms with Gasteiger partial charge in [-0.1, -0.05) is 50.3 Å². The van der Waals surface area contributed by atoms with Crippen molar-refractivity contribution >= 4 is 27.1 Å². The van der Waals surface area contributed by atoms with E-state index in [0.717, 1.165) is 37.9 Å². The van der Waals surface area contributed by atoms with Crippen molar-refractivity contribution in [3.05, 3.63) is 54.1 Å². The summed E-state index contributed by atoms with van der Waals surface area (Å²) in [6.07, 6.45) is 12.7. The molecule has 2 aliphatic rings. The Kier molecular flexibility index (Phi) is 8.17. The number of rotatable bonds is 6. The van der Waals surface area contributed by atoms with Crippen LogP contribution in [0.4, 0.5) is 11.4 Å². The highest BCUT2D eigenvalue weighted by atomic mass is 32.2. The zero-order chi connectivity index (χ0) is 24.9. The Morgan fingerprint density at radius 1 is 0.914 bits per heavy atom. The van der Waals surface area contributed by atoms with E-state index in [0.29, 0.717) is 22.8 Å². The maximum Gasteiger partial charge on any atom is 0.255 e. The standard InChI is InChI=1S/C28H39N3O3S/c1-28(17-8-4-3-5-9-18-28)31-19-15-23(16-20-31)29-25-13-6-7-14-26(25)30-27(32)22-11-10-12-24(21-22)35(2,33)34/h6-7,10-14,21,23,29H,3-5,8-9,15-20H2,1-2H3,(H,30,32). The maximum atomic E-state index is 12.9. The van der Waals surface area contributed by atoms with Gasteiger partial charge >= 0.3 is 0 Å². The van der Waals surface area contributed by atoms with Crippen LogP contribution >= 0.6 is 0 Å². The van der Waals surface area contributed by atoms with E-state index in [1.165, 1.54) is 57.1 Å². The first kappa shape index (κ1) is 25.7. The monoisotopic (exact) mass is 497 g/mol. The van der Waals surface area contributed by atoms with E-state index in [1.807, 2.05) is 24.3 Å². The first-order valence-corrected chi connectivity index (χ1v) is 14.9. The Balaban J connectivity index is 1.38. The molecule has 2 fully saturated rings. The van der Waals surface area contributed by atoms with Crippen LogP contribution in [0.2, 0.25) is 0 Å². The molecule has 190 valence electrons. The molecule has 35 heavy (non-hydrogen) atoms. The number of hydrogen-bond acceptors (Lipinski definition) is 5. The van der Waals surface area contributed by atoms with Gasteiger partial charge in [0, 0.05) is 36.5 Å². The van der Waals surface area contributed by atoms with Crippen LogP contribution in [0.15, 0.2) is 53.4 Å². The fourth-order valence-corrected chi connectivity index (χ4v) is 6.21. The molecule has 0 radical (unpaired) electrons. The minimum absolute atomic E-state index is 0.140. The van der Waals surface area contributed by atoms with Gasteiger partial charge in [0.05, 0.1) is 16.3 Å². The van der Waals surface area contributed by atoms with Crippen LogP contribution in [-0.4, -0.2) is 50.2 Å². The fraction of sp³-hybridized carbons (Fsp3) is 0.536. The second-order valence-electron chi connectivity index (χ2n) is 10.5. The molecule has 1 saturated carbocycles. The molecule has 0 aromatic heterocycles. The van der Waals surface area contributed by atoms with Crippen molar-refractivity contribution in [3.8, 4) is 0 Å². The number of carbonyl (C=O) groups is 1. The highest BCUT2D eigenvalue weighted by Gasteiger charge is 2.34. The lowest BCUT2D eigenvalue weighted by Gasteiger charge is -2.46. The molecule has 1 amide bonds. The second kappa shape index (κ2) is 11.1. The molecule has 1 aliphatic heterocycles. The summed E-state index contributed by atoms with van der Waals surface area (Å²) in [6.45, 7) is 4.66. The van der Waals surface area contributed by atoms with Crippen molar-refractivity contribution in [3.63, 3.8) is 0 Å². The van der Waals surface area contributed by atoms with Crippen molar-refractivity contribution < 1.29 is 13.2 Å². The highest BCUT2D eigenvalue weighted by Crippen LogP contribution is 2.34. The Morgan fingerprint density at radius 2 is 1.54 bits per heavy atom. The predicted molar refractivity (Wildman–Crippen MR) is 143 cm³/mol. The molecule has 0 unspecified atom stereocenters. The predicted octanol–water partition coefficient (Wildman–Crippen LogP) is 5.72. The molecule has 1 heterocycles. The van der Waals surface area contributed by atoms with Gasteiger partial charge in [-0.2, -0.15) is 0 Å². The van der Waals surface area contributed by atoms with Gasteiger partial charge in [0.1, 0.15) is 0 Å². The zero-order valence-electron chi connectivity index (χ0n) is 21.1. The molecule has 1 aliphatic carbocycles. The lowest BCUT2D eigenvalue weighted by Crippen LogP contribution is -2.52. The normalized spacial score (nSPS) is 19.9. The third-order valence-electron chi connectivity index (χ3n) is 7.75. The van der Waals surface area contributed by atoms with Crippen LogP contribution in [0.25, 0.3) is 0 Å². The van der Waals surface area contributed by atoms with E-state index in [2.05, 4.69) is 22.5 Å². The van der Waals surface area contributed by atoms with E-state index < -0.39 is 9.84 Å². The molecular formula is C28H39N3O3S. The number of hydrogen-bond donors (Lipinski definition) is 2. The van der Waals surface area contributed by atoms with Crippen LogP contribution in [0.1, 0.15) is 75.1 Å². The molecule has 6 nitrogen and oxygen atoms in total. The molecule has 2 aromatic rings. The summed E-state index contributed by atoms with van der Waals surface area (Å²) in [5.74, 6) is -0.322. The molecule has 0 spiro atoms. The minimum atomic E-state index is -3.38. The van der Waals surface area contributed by atoms with Crippen molar-refractivity contribution in [2.75, 3.05) is 30.0 Å². The summed E-state index contributed by atoms with van der Waals surface area (Å²) in [5, 5.41) is 6.63. The van der Waals surface area contributed by atoms with Crippen LogP contribution in [0, 0.1) is 0 Å². The van der Waals surface area contributed by atoms with E-state index in [1.54, 1.807) is 12.1 Å². The molecule has 2 N–H and O–H groups in total. The number of benzene rings is 2. The van der Waals surface area contributed by atoms with Crippen molar-refractivity contribution in [2.45, 2.75) is 81.2 Å². The average Bonchev–Trinajstić information content (AvgIpc) is 2.83. The quantitative estimate of drug-likeness (QED) is 0.534. The van der Waals surface area contributed by atoms with Gasteiger partial charge in [0.15, 0.2) is 9.84 Å². The van der Waals surface area contributed by atoms with Crippen molar-refractivity contribution in [1.82, 2.24) is 4.90 Å². The summed E-state index contributed by atoms with van der Waals surface area (Å²) in [5.41, 5.74) is 2.26. The van der Waals surface area contributed by atoms with Gasteiger partial charge < -0.3 is 10.6 Å². The number of sulfone groups is 1. The van der Waals surface area contributed by atoms with Gasteiger partial charge in [0.2, 0.25) is 0 Å². The number of para-hydroxylation sites is 2. The van der Waals surface area contributed by atoms with Gasteiger partial charge in [-0.3, -0.25) is 9.69 Å². The second-order valence-corrected chi connectivity index (χ2v) is 12.5. The van der Waals surface area contributed by atoms with Crippen LogP contribution in [-0.2, 0) is 9.84 Å². The first-order chi connectivity index (χ1) is 16.7. The zero-order valence-corrected chi connectivity index (χ0v) is 21.9.